The fourth-order valence-electron chi connectivity index (χ4n) is 2.33. The molecule has 0 radical (unpaired) electrons. The molecule has 16 heavy (non-hydrogen) atoms. The van der Waals surface area contributed by atoms with E-state index in [0.29, 0.717) is 18.4 Å². The maximum atomic E-state index is 11.5. The average molecular weight is 225 g/mol. The zero-order chi connectivity index (χ0) is 11.4. The molecule has 2 fully saturated rings. The van der Waals surface area contributed by atoms with Gasteiger partial charge in [0, 0.05) is 25.6 Å². The van der Waals surface area contributed by atoms with Gasteiger partial charge in [0.25, 0.3) is 0 Å². The van der Waals surface area contributed by atoms with Gasteiger partial charge in [-0.1, -0.05) is 0 Å². The van der Waals surface area contributed by atoms with Crippen molar-refractivity contribution in [1.29, 1.82) is 0 Å². The number of nitrogens with two attached hydrogens (primary N) is 1. The van der Waals surface area contributed by atoms with Crippen molar-refractivity contribution in [3.8, 4) is 0 Å². The Kier molecular flexibility index (Phi) is 4.18. The molecule has 0 aromatic heterocycles. The Morgan fingerprint density at radius 2 is 2.19 bits per heavy atom. The second-order valence-electron chi connectivity index (χ2n) is 5.14. The van der Waals surface area contributed by atoms with Crippen LogP contribution in [0.1, 0.15) is 32.1 Å². The number of carbonyl (C=O) groups excluding carboxylic acids is 1. The lowest BCUT2D eigenvalue weighted by atomic mass is 9.98. The molecule has 1 heterocycles. The number of nitrogens with one attached hydrogen (secondary N) is 1. The van der Waals surface area contributed by atoms with Crippen molar-refractivity contribution in [2.45, 2.75) is 38.1 Å². The van der Waals surface area contributed by atoms with Crippen LogP contribution in [0.5, 0.6) is 0 Å². The number of likely N-dealkylation sites (tertiary alicyclic amines) is 1. The zero-order valence-corrected chi connectivity index (χ0v) is 9.95. The van der Waals surface area contributed by atoms with Crippen LogP contribution in [-0.2, 0) is 4.79 Å². The normalized spacial score (nSPS) is 26.7. The van der Waals surface area contributed by atoms with Gasteiger partial charge in [-0.05, 0) is 44.7 Å². The van der Waals surface area contributed by atoms with Crippen molar-refractivity contribution in [2.75, 3.05) is 26.2 Å². The number of amides is 1. The smallest absolute Gasteiger partial charge is 0.221 e. The molecular weight excluding hydrogens is 202 g/mol. The Hall–Kier alpha value is -0.610. The van der Waals surface area contributed by atoms with Gasteiger partial charge >= 0.3 is 0 Å². The monoisotopic (exact) mass is 225 g/mol. The molecule has 3 N–H and O–H groups in total. The summed E-state index contributed by atoms with van der Waals surface area (Å²) in [5.74, 6) is 0.859. The highest BCUT2D eigenvalue weighted by Crippen LogP contribution is 2.19. The van der Waals surface area contributed by atoms with Crippen molar-refractivity contribution in [3.63, 3.8) is 0 Å². The lowest BCUT2D eigenvalue weighted by molar-refractivity contribution is -0.121. The Balaban J connectivity index is 1.62. The zero-order valence-electron chi connectivity index (χ0n) is 9.95. The van der Waals surface area contributed by atoms with Gasteiger partial charge in [0.15, 0.2) is 0 Å². The molecule has 4 heteroatoms. The van der Waals surface area contributed by atoms with Crippen LogP contribution in [0.3, 0.4) is 0 Å². The van der Waals surface area contributed by atoms with E-state index in [1.165, 1.54) is 25.7 Å². The Morgan fingerprint density at radius 1 is 1.38 bits per heavy atom. The largest absolute Gasteiger partial charge is 0.353 e. The summed E-state index contributed by atoms with van der Waals surface area (Å²) in [6, 6.07) is 0.491. The van der Waals surface area contributed by atoms with Crippen LogP contribution in [-0.4, -0.2) is 43.0 Å². The Bertz CT molecular complexity index is 240. The second kappa shape index (κ2) is 5.64. The predicted molar refractivity (Wildman–Crippen MR) is 64.0 cm³/mol. The van der Waals surface area contributed by atoms with E-state index in [1.54, 1.807) is 0 Å². The SMILES string of the molecule is NCC1CCCN(CCC(=O)NC2CC2)C1. The quantitative estimate of drug-likeness (QED) is 0.709. The number of piperidine rings is 1. The van der Waals surface area contributed by atoms with E-state index in [2.05, 4.69) is 10.2 Å². The first kappa shape index (κ1) is 11.9. The van der Waals surface area contributed by atoms with Crippen LogP contribution in [0.25, 0.3) is 0 Å². The molecule has 1 amide bonds. The first-order valence-electron chi connectivity index (χ1n) is 6.49. The fraction of sp³-hybridized carbons (Fsp3) is 0.917. The molecule has 92 valence electrons. The highest BCUT2D eigenvalue weighted by Gasteiger charge is 2.24. The second-order valence-corrected chi connectivity index (χ2v) is 5.14. The topological polar surface area (TPSA) is 58.4 Å². The number of nitrogens with zero attached hydrogens (tertiary/aromatic N) is 1. The lowest BCUT2D eigenvalue weighted by Gasteiger charge is -2.31. The van der Waals surface area contributed by atoms with Crippen molar-refractivity contribution >= 4 is 5.91 Å². The third kappa shape index (κ3) is 3.76. The summed E-state index contributed by atoms with van der Waals surface area (Å²) < 4.78 is 0. The first-order chi connectivity index (χ1) is 7.78. The lowest BCUT2D eigenvalue weighted by Crippen LogP contribution is -2.40. The first-order valence-corrected chi connectivity index (χ1v) is 6.49. The molecule has 1 aliphatic heterocycles. The van der Waals surface area contributed by atoms with E-state index in [4.69, 9.17) is 5.73 Å². The molecule has 1 atom stereocenters. The van der Waals surface area contributed by atoms with Crippen LogP contribution >= 0.6 is 0 Å². The van der Waals surface area contributed by atoms with Crippen LogP contribution in [0.15, 0.2) is 0 Å². The summed E-state index contributed by atoms with van der Waals surface area (Å²) in [5, 5.41) is 3.03. The highest BCUT2D eigenvalue weighted by molar-refractivity contribution is 5.76. The van der Waals surface area contributed by atoms with Gasteiger partial charge in [0.1, 0.15) is 0 Å². The van der Waals surface area contributed by atoms with E-state index in [1.807, 2.05) is 0 Å². The van der Waals surface area contributed by atoms with Crippen LogP contribution in [0.2, 0.25) is 0 Å². The minimum absolute atomic E-state index is 0.220. The third-order valence-corrected chi connectivity index (χ3v) is 3.53. The van der Waals surface area contributed by atoms with Crippen molar-refractivity contribution < 1.29 is 4.79 Å². The summed E-state index contributed by atoms with van der Waals surface area (Å²) in [6.45, 7) is 3.89. The Morgan fingerprint density at radius 3 is 2.88 bits per heavy atom. The maximum absolute atomic E-state index is 11.5. The number of hydrogen-bond donors (Lipinski definition) is 2. The molecule has 2 aliphatic rings. The van der Waals surface area contributed by atoms with Gasteiger partial charge < -0.3 is 16.0 Å². The minimum atomic E-state index is 0.220. The van der Waals surface area contributed by atoms with Crippen molar-refractivity contribution in [1.82, 2.24) is 10.2 Å². The van der Waals surface area contributed by atoms with Gasteiger partial charge in [-0.15, -0.1) is 0 Å². The molecule has 1 saturated heterocycles. The summed E-state index contributed by atoms with van der Waals surface area (Å²) >= 11 is 0. The van der Waals surface area contributed by atoms with Crippen LogP contribution < -0.4 is 11.1 Å². The molecule has 0 aromatic rings. The minimum Gasteiger partial charge on any atom is -0.353 e. The van der Waals surface area contributed by atoms with Gasteiger partial charge in [-0.2, -0.15) is 0 Å². The third-order valence-electron chi connectivity index (χ3n) is 3.53. The molecule has 0 spiro atoms. The van der Waals surface area contributed by atoms with E-state index in [-0.39, 0.29) is 5.91 Å². The summed E-state index contributed by atoms with van der Waals surface area (Å²) in [5.41, 5.74) is 5.69. The fourth-order valence-corrected chi connectivity index (χ4v) is 2.33. The summed E-state index contributed by atoms with van der Waals surface area (Å²) in [6.07, 6.45) is 5.47. The van der Waals surface area contributed by atoms with Crippen molar-refractivity contribution in [2.24, 2.45) is 11.7 Å². The van der Waals surface area contributed by atoms with Crippen molar-refractivity contribution in [3.05, 3.63) is 0 Å². The average Bonchev–Trinajstić information content (AvgIpc) is 3.10. The van der Waals surface area contributed by atoms with E-state index in [9.17, 15) is 4.79 Å². The van der Waals surface area contributed by atoms with Crippen LogP contribution in [0, 0.1) is 5.92 Å². The van der Waals surface area contributed by atoms with Gasteiger partial charge in [-0.25, -0.2) is 0 Å². The molecule has 4 nitrogen and oxygen atoms in total. The highest BCUT2D eigenvalue weighted by atomic mass is 16.1. The molecule has 0 aromatic carbocycles. The molecule has 1 aliphatic carbocycles. The Labute approximate surface area is 97.6 Å². The van der Waals surface area contributed by atoms with E-state index >= 15 is 0 Å². The molecular formula is C12H23N3O. The molecule has 0 bridgehead atoms. The van der Waals surface area contributed by atoms with Crippen LogP contribution in [0.4, 0.5) is 0 Å². The maximum Gasteiger partial charge on any atom is 0.221 e. The van der Waals surface area contributed by atoms with E-state index < -0.39 is 0 Å². The predicted octanol–water partition coefficient (Wildman–Crippen LogP) is 0.326. The van der Waals surface area contributed by atoms with Gasteiger partial charge in [0.05, 0.1) is 0 Å². The summed E-state index contributed by atoms with van der Waals surface area (Å²) in [4.78, 5) is 13.9. The summed E-state index contributed by atoms with van der Waals surface area (Å²) in [7, 11) is 0. The number of hydrogen-bond acceptors (Lipinski definition) is 3. The molecule has 2 rings (SSSR count). The molecule has 1 saturated carbocycles. The number of rotatable bonds is 5. The number of carbonyl (C=O) groups is 1. The molecule has 1 unspecified atom stereocenters. The van der Waals surface area contributed by atoms with E-state index in [0.717, 1.165) is 26.2 Å². The van der Waals surface area contributed by atoms with Gasteiger partial charge in [-0.3, -0.25) is 4.79 Å². The van der Waals surface area contributed by atoms with Gasteiger partial charge in [0.2, 0.25) is 5.91 Å². The standard InChI is InChI=1S/C12H23N3O/c13-8-10-2-1-6-15(9-10)7-5-12(16)14-11-3-4-11/h10-11H,1-9,13H2,(H,14,16).